The van der Waals surface area contributed by atoms with E-state index >= 15 is 0 Å². The Hall–Kier alpha value is -2.48. The van der Waals surface area contributed by atoms with Crippen molar-refractivity contribution < 1.29 is 8.91 Å². The average molecular weight is 357 g/mol. The standard InChI is InChI=1S/C17H16FN5OS/c1-2-9-23-16(12-3-4-12)20-21-17(23)25-10-14-19-15(22-24-14)11-5-7-13(18)8-6-11/h2,5-8,12H,1,3-4,9-10H2. The van der Waals surface area contributed by atoms with Crippen LogP contribution >= 0.6 is 11.8 Å². The second-order valence-electron chi connectivity index (χ2n) is 5.82. The van der Waals surface area contributed by atoms with Crippen molar-refractivity contribution in [1.82, 2.24) is 24.9 Å². The summed E-state index contributed by atoms with van der Waals surface area (Å²) in [7, 11) is 0. The van der Waals surface area contributed by atoms with Crippen molar-refractivity contribution >= 4 is 11.8 Å². The first-order valence-corrected chi connectivity index (χ1v) is 8.98. The molecule has 0 atom stereocenters. The fourth-order valence-corrected chi connectivity index (χ4v) is 3.30. The minimum Gasteiger partial charge on any atom is -0.338 e. The first kappa shape index (κ1) is 16.0. The number of halogens is 1. The maximum atomic E-state index is 13.0. The van der Waals surface area contributed by atoms with E-state index in [-0.39, 0.29) is 5.82 Å². The van der Waals surface area contributed by atoms with E-state index < -0.39 is 0 Å². The predicted octanol–water partition coefficient (Wildman–Crippen LogP) is 3.82. The lowest BCUT2D eigenvalue weighted by atomic mass is 10.2. The van der Waals surface area contributed by atoms with Crippen LogP contribution in [0.15, 0.2) is 46.6 Å². The van der Waals surface area contributed by atoms with E-state index in [0.29, 0.717) is 35.5 Å². The number of hydrogen-bond donors (Lipinski definition) is 0. The maximum absolute atomic E-state index is 13.0. The predicted molar refractivity (Wildman–Crippen MR) is 91.4 cm³/mol. The molecule has 2 aromatic heterocycles. The van der Waals surface area contributed by atoms with Crippen LogP contribution in [0.3, 0.4) is 0 Å². The first-order valence-electron chi connectivity index (χ1n) is 8.00. The fraction of sp³-hybridized carbons (Fsp3) is 0.294. The minimum absolute atomic E-state index is 0.295. The van der Waals surface area contributed by atoms with Crippen LogP contribution in [-0.4, -0.2) is 24.9 Å². The SMILES string of the molecule is C=CCn1c(SCc2nc(-c3ccc(F)cc3)no2)nnc1C1CC1. The molecule has 1 aromatic carbocycles. The van der Waals surface area contributed by atoms with Crippen LogP contribution < -0.4 is 0 Å². The van der Waals surface area contributed by atoms with Crippen LogP contribution in [0.2, 0.25) is 0 Å². The molecule has 0 bridgehead atoms. The Kier molecular flexibility index (Phi) is 4.35. The van der Waals surface area contributed by atoms with Crippen molar-refractivity contribution in [2.75, 3.05) is 0 Å². The average Bonchev–Trinajstić information content (AvgIpc) is 3.22. The van der Waals surface area contributed by atoms with E-state index in [9.17, 15) is 4.39 Å². The van der Waals surface area contributed by atoms with E-state index in [1.165, 1.54) is 36.7 Å². The molecule has 0 amide bonds. The molecule has 0 N–H and O–H groups in total. The summed E-state index contributed by atoms with van der Waals surface area (Å²) in [6.45, 7) is 4.49. The summed E-state index contributed by atoms with van der Waals surface area (Å²) in [6.07, 6.45) is 4.19. The second kappa shape index (κ2) is 6.79. The summed E-state index contributed by atoms with van der Waals surface area (Å²) in [6, 6.07) is 5.99. The first-order chi connectivity index (χ1) is 12.2. The molecular weight excluding hydrogens is 341 g/mol. The van der Waals surface area contributed by atoms with Gasteiger partial charge in [0.15, 0.2) is 5.16 Å². The number of aromatic nitrogens is 5. The van der Waals surface area contributed by atoms with E-state index in [1.54, 1.807) is 12.1 Å². The Morgan fingerprint density at radius 3 is 2.80 bits per heavy atom. The second-order valence-corrected chi connectivity index (χ2v) is 6.76. The third-order valence-corrected chi connectivity index (χ3v) is 4.85. The van der Waals surface area contributed by atoms with Crippen LogP contribution in [0.1, 0.15) is 30.5 Å². The van der Waals surface area contributed by atoms with Gasteiger partial charge in [-0.1, -0.05) is 23.0 Å². The molecule has 128 valence electrons. The number of nitrogens with zero attached hydrogens (tertiary/aromatic N) is 5. The number of allylic oxidation sites excluding steroid dienone is 1. The number of hydrogen-bond acceptors (Lipinski definition) is 6. The Balaban J connectivity index is 1.47. The lowest BCUT2D eigenvalue weighted by Crippen LogP contribution is -2.02. The number of thioether (sulfide) groups is 1. The summed E-state index contributed by atoms with van der Waals surface area (Å²) in [5.41, 5.74) is 0.715. The van der Waals surface area contributed by atoms with E-state index in [1.807, 2.05) is 6.08 Å². The Morgan fingerprint density at radius 2 is 2.08 bits per heavy atom. The maximum Gasteiger partial charge on any atom is 0.237 e. The van der Waals surface area contributed by atoms with Crippen LogP contribution in [0, 0.1) is 5.82 Å². The lowest BCUT2D eigenvalue weighted by molar-refractivity contribution is 0.391. The number of rotatable bonds is 7. The zero-order valence-corrected chi connectivity index (χ0v) is 14.2. The third kappa shape index (κ3) is 3.48. The quantitative estimate of drug-likeness (QED) is 0.473. The van der Waals surface area contributed by atoms with Crippen LogP contribution in [0.4, 0.5) is 4.39 Å². The zero-order chi connectivity index (χ0) is 17.2. The molecular formula is C17H16FN5OS. The van der Waals surface area contributed by atoms with Gasteiger partial charge >= 0.3 is 0 Å². The molecule has 1 fully saturated rings. The summed E-state index contributed by atoms with van der Waals surface area (Å²) in [4.78, 5) is 4.36. The molecule has 1 aliphatic rings. The zero-order valence-electron chi connectivity index (χ0n) is 13.4. The molecule has 3 aromatic rings. The molecule has 8 heteroatoms. The number of benzene rings is 1. The molecule has 2 heterocycles. The topological polar surface area (TPSA) is 69.6 Å². The molecule has 6 nitrogen and oxygen atoms in total. The molecule has 0 spiro atoms. The molecule has 1 saturated carbocycles. The van der Waals surface area contributed by atoms with E-state index in [2.05, 4.69) is 31.5 Å². The van der Waals surface area contributed by atoms with Crippen LogP contribution in [-0.2, 0) is 12.3 Å². The molecule has 25 heavy (non-hydrogen) atoms. The van der Waals surface area contributed by atoms with Crippen molar-refractivity contribution in [3.63, 3.8) is 0 Å². The summed E-state index contributed by atoms with van der Waals surface area (Å²) < 4.78 is 20.4. The van der Waals surface area contributed by atoms with Gasteiger partial charge in [-0.15, -0.1) is 16.8 Å². The highest BCUT2D eigenvalue weighted by atomic mass is 32.2. The van der Waals surface area contributed by atoms with Gasteiger partial charge in [-0.2, -0.15) is 4.98 Å². The van der Waals surface area contributed by atoms with Gasteiger partial charge in [0.05, 0.1) is 5.75 Å². The lowest BCUT2D eigenvalue weighted by Gasteiger charge is -2.05. The van der Waals surface area contributed by atoms with Gasteiger partial charge in [0.2, 0.25) is 11.7 Å². The van der Waals surface area contributed by atoms with Gasteiger partial charge in [0.1, 0.15) is 11.6 Å². The molecule has 0 aliphatic heterocycles. The minimum atomic E-state index is -0.295. The highest BCUT2D eigenvalue weighted by Crippen LogP contribution is 2.40. The van der Waals surface area contributed by atoms with Crippen molar-refractivity contribution in [1.29, 1.82) is 0 Å². The van der Waals surface area contributed by atoms with Gasteiger partial charge in [-0.3, -0.25) is 0 Å². The van der Waals surface area contributed by atoms with Gasteiger partial charge in [-0.25, -0.2) is 4.39 Å². The van der Waals surface area contributed by atoms with Crippen molar-refractivity contribution in [2.45, 2.75) is 36.2 Å². The molecule has 1 aliphatic carbocycles. The third-order valence-electron chi connectivity index (χ3n) is 3.89. The molecule has 0 unspecified atom stereocenters. The summed E-state index contributed by atoms with van der Waals surface area (Å²) >= 11 is 1.50. The monoisotopic (exact) mass is 357 g/mol. The molecule has 0 radical (unpaired) electrons. The Bertz CT molecular complexity index is 885. The molecule has 4 rings (SSSR count). The van der Waals surface area contributed by atoms with E-state index in [4.69, 9.17) is 4.52 Å². The van der Waals surface area contributed by atoms with Gasteiger partial charge in [-0.05, 0) is 37.1 Å². The van der Waals surface area contributed by atoms with Crippen molar-refractivity contribution in [2.24, 2.45) is 0 Å². The Morgan fingerprint density at radius 1 is 1.28 bits per heavy atom. The fourth-order valence-electron chi connectivity index (χ4n) is 2.51. The van der Waals surface area contributed by atoms with Gasteiger partial charge in [0, 0.05) is 18.0 Å². The van der Waals surface area contributed by atoms with Crippen molar-refractivity contribution in [3.8, 4) is 11.4 Å². The van der Waals surface area contributed by atoms with Gasteiger partial charge < -0.3 is 9.09 Å². The highest BCUT2D eigenvalue weighted by molar-refractivity contribution is 7.98. The Labute approximate surface area is 148 Å². The van der Waals surface area contributed by atoms with Crippen LogP contribution in [0.5, 0.6) is 0 Å². The van der Waals surface area contributed by atoms with Gasteiger partial charge in [0.25, 0.3) is 0 Å². The van der Waals surface area contributed by atoms with Crippen LogP contribution in [0.25, 0.3) is 11.4 Å². The van der Waals surface area contributed by atoms with E-state index in [0.717, 1.165) is 11.0 Å². The summed E-state index contributed by atoms with van der Waals surface area (Å²) in [5.74, 6) is 2.69. The molecule has 0 saturated heterocycles. The largest absolute Gasteiger partial charge is 0.338 e. The normalized spacial score (nSPS) is 14.0. The summed E-state index contributed by atoms with van der Waals surface area (Å²) in [5, 5.41) is 13.4. The highest BCUT2D eigenvalue weighted by Gasteiger charge is 2.30. The smallest absolute Gasteiger partial charge is 0.237 e. The van der Waals surface area contributed by atoms with Crippen molar-refractivity contribution in [3.05, 3.63) is 54.5 Å².